The van der Waals surface area contributed by atoms with Crippen molar-refractivity contribution >= 4 is 11.9 Å². The van der Waals surface area contributed by atoms with Crippen molar-refractivity contribution in [3.05, 3.63) is 29.8 Å². The van der Waals surface area contributed by atoms with Crippen LogP contribution in [0.25, 0.3) is 0 Å². The zero-order valence-corrected chi connectivity index (χ0v) is 14.3. The van der Waals surface area contributed by atoms with Gasteiger partial charge in [0.05, 0.1) is 13.2 Å². The third kappa shape index (κ3) is 3.47. The first kappa shape index (κ1) is 16.6. The Balaban J connectivity index is 1.55. The minimum absolute atomic E-state index is 0.00320. The number of ether oxygens (including phenoxy) is 1. The molecule has 1 aliphatic heterocycles. The molecule has 2 fully saturated rings. The van der Waals surface area contributed by atoms with Gasteiger partial charge in [-0.2, -0.15) is 0 Å². The van der Waals surface area contributed by atoms with Crippen molar-refractivity contribution in [2.24, 2.45) is 17.8 Å². The number of urea groups is 1. The van der Waals surface area contributed by atoms with Crippen LogP contribution in [0.5, 0.6) is 5.75 Å². The SMILES string of the molecule is COc1ccc(C(C)NC(=O)C2CC2C2NC(=O)NCC2C)cc1. The minimum atomic E-state index is -0.129. The molecule has 1 heterocycles. The molecule has 1 aromatic carbocycles. The highest BCUT2D eigenvalue weighted by Gasteiger charge is 2.50. The van der Waals surface area contributed by atoms with Crippen LogP contribution in [0.4, 0.5) is 4.79 Å². The Morgan fingerprint density at radius 1 is 1.33 bits per heavy atom. The summed E-state index contributed by atoms with van der Waals surface area (Å²) in [6.45, 7) is 4.75. The summed E-state index contributed by atoms with van der Waals surface area (Å²) < 4.78 is 5.15. The number of benzene rings is 1. The van der Waals surface area contributed by atoms with Crippen LogP contribution < -0.4 is 20.7 Å². The second-order valence-electron chi connectivity index (χ2n) is 6.87. The number of carbonyl (C=O) groups excluding carboxylic acids is 2. The molecule has 1 saturated carbocycles. The molecule has 0 spiro atoms. The van der Waals surface area contributed by atoms with Crippen LogP contribution >= 0.6 is 0 Å². The molecule has 6 heteroatoms. The van der Waals surface area contributed by atoms with Crippen LogP contribution in [0.2, 0.25) is 0 Å². The Morgan fingerprint density at radius 2 is 2.04 bits per heavy atom. The molecule has 5 unspecified atom stereocenters. The largest absolute Gasteiger partial charge is 0.497 e. The van der Waals surface area contributed by atoms with Gasteiger partial charge in [0.25, 0.3) is 0 Å². The second kappa shape index (κ2) is 6.71. The molecule has 0 aromatic heterocycles. The fraction of sp³-hybridized carbons (Fsp3) is 0.556. The summed E-state index contributed by atoms with van der Waals surface area (Å²) in [7, 11) is 1.63. The topological polar surface area (TPSA) is 79.5 Å². The first-order chi connectivity index (χ1) is 11.5. The van der Waals surface area contributed by atoms with E-state index >= 15 is 0 Å². The number of amides is 3. The first-order valence-electron chi connectivity index (χ1n) is 8.48. The molecule has 6 nitrogen and oxygen atoms in total. The molecule has 5 atom stereocenters. The Kier molecular flexibility index (Phi) is 4.64. The first-order valence-corrected chi connectivity index (χ1v) is 8.48. The summed E-state index contributed by atoms with van der Waals surface area (Å²) in [5.41, 5.74) is 1.05. The summed E-state index contributed by atoms with van der Waals surface area (Å²) in [6.07, 6.45) is 0.844. The third-order valence-electron chi connectivity index (χ3n) is 5.11. The molecule has 130 valence electrons. The number of hydrogen-bond acceptors (Lipinski definition) is 3. The number of nitrogens with one attached hydrogen (secondary N) is 3. The van der Waals surface area contributed by atoms with E-state index in [2.05, 4.69) is 22.9 Å². The maximum Gasteiger partial charge on any atom is 0.315 e. The third-order valence-corrected chi connectivity index (χ3v) is 5.11. The molecule has 0 bridgehead atoms. The highest BCUT2D eigenvalue weighted by atomic mass is 16.5. The van der Waals surface area contributed by atoms with E-state index < -0.39 is 0 Å². The Bertz CT molecular complexity index is 616. The molecule has 24 heavy (non-hydrogen) atoms. The van der Waals surface area contributed by atoms with E-state index in [9.17, 15) is 9.59 Å². The van der Waals surface area contributed by atoms with Crippen LogP contribution in [-0.4, -0.2) is 31.6 Å². The van der Waals surface area contributed by atoms with Gasteiger partial charge in [0.1, 0.15) is 5.75 Å². The van der Waals surface area contributed by atoms with Crippen molar-refractivity contribution in [2.75, 3.05) is 13.7 Å². The minimum Gasteiger partial charge on any atom is -0.497 e. The monoisotopic (exact) mass is 331 g/mol. The molecule has 1 aromatic rings. The lowest BCUT2D eigenvalue weighted by atomic mass is 9.94. The van der Waals surface area contributed by atoms with Crippen molar-refractivity contribution in [1.82, 2.24) is 16.0 Å². The van der Waals surface area contributed by atoms with Gasteiger partial charge in [-0.05, 0) is 42.9 Å². The fourth-order valence-electron chi connectivity index (χ4n) is 3.46. The van der Waals surface area contributed by atoms with E-state index in [1.165, 1.54) is 0 Å². The summed E-state index contributed by atoms with van der Waals surface area (Å²) in [4.78, 5) is 24.0. The van der Waals surface area contributed by atoms with Crippen LogP contribution in [-0.2, 0) is 4.79 Å². The van der Waals surface area contributed by atoms with Gasteiger partial charge in [-0.25, -0.2) is 4.79 Å². The zero-order chi connectivity index (χ0) is 17.3. The molecule has 3 N–H and O–H groups in total. The highest BCUT2D eigenvalue weighted by Crippen LogP contribution is 2.44. The van der Waals surface area contributed by atoms with E-state index in [1.807, 2.05) is 31.2 Å². The maximum atomic E-state index is 12.5. The van der Waals surface area contributed by atoms with Crippen molar-refractivity contribution in [3.8, 4) is 5.75 Å². The van der Waals surface area contributed by atoms with Crippen molar-refractivity contribution in [3.63, 3.8) is 0 Å². The lowest BCUT2D eigenvalue weighted by Crippen LogP contribution is -2.55. The number of hydrogen-bond donors (Lipinski definition) is 3. The highest BCUT2D eigenvalue weighted by molar-refractivity contribution is 5.82. The van der Waals surface area contributed by atoms with Crippen LogP contribution in [0.3, 0.4) is 0 Å². The normalized spacial score (nSPS) is 29.9. The van der Waals surface area contributed by atoms with Crippen molar-refractivity contribution in [2.45, 2.75) is 32.4 Å². The smallest absolute Gasteiger partial charge is 0.315 e. The van der Waals surface area contributed by atoms with E-state index in [1.54, 1.807) is 7.11 Å². The molecule has 2 aliphatic rings. The Labute approximate surface area is 142 Å². The van der Waals surface area contributed by atoms with Gasteiger partial charge < -0.3 is 20.7 Å². The molecular weight excluding hydrogens is 306 g/mol. The lowest BCUT2D eigenvalue weighted by molar-refractivity contribution is -0.123. The quantitative estimate of drug-likeness (QED) is 0.770. The van der Waals surface area contributed by atoms with Gasteiger partial charge in [0.2, 0.25) is 5.91 Å². The van der Waals surface area contributed by atoms with E-state index in [0.29, 0.717) is 12.5 Å². The average Bonchev–Trinajstić information content (AvgIpc) is 3.37. The fourth-order valence-corrected chi connectivity index (χ4v) is 3.46. The molecule has 0 radical (unpaired) electrons. The van der Waals surface area contributed by atoms with E-state index in [0.717, 1.165) is 17.7 Å². The zero-order valence-electron chi connectivity index (χ0n) is 14.3. The molecule has 3 amide bonds. The number of carbonyl (C=O) groups is 2. The van der Waals surface area contributed by atoms with Crippen LogP contribution in [0, 0.1) is 17.8 Å². The van der Waals surface area contributed by atoms with Gasteiger partial charge >= 0.3 is 6.03 Å². The van der Waals surface area contributed by atoms with Gasteiger partial charge in [-0.15, -0.1) is 0 Å². The Morgan fingerprint density at radius 3 is 2.71 bits per heavy atom. The van der Waals surface area contributed by atoms with E-state index in [-0.39, 0.29) is 35.9 Å². The molecule has 1 aliphatic carbocycles. The van der Waals surface area contributed by atoms with Crippen molar-refractivity contribution in [1.29, 1.82) is 0 Å². The number of methoxy groups -OCH3 is 1. The van der Waals surface area contributed by atoms with Crippen LogP contribution in [0.15, 0.2) is 24.3 Å². The van der Waals surface area contributed by atoms with Gasteiger partial charge in [0.15, 0.2) is 0 Å². The van der Waals surface area contributed by atoms with Gasteiger partial charge in [-0.1, -0.05) is 19.1 Å². The molecule has 1 saturated heterocycles. The summed E-state index contributed by atoms with van der Waals surface area (Å²) in [6, 6.07) is 7.62. The van der Waals surface area contributed by atoms with Gasteiger partial charge in [-0.3, -0.25) is 4.79 Å². The predicted molar refractivity (Wildman–Crippen MR) is 90.6 cm³/mol. The summed E-state index contributed by atoms with van der Waals surface area (Å²) in [5, 5.41) is 8.84. The lowest BCUT2D eigenvalue weighted by Gasteiger charge is -2.31. The standard InChI is InChI=1S/C18H25N3O3/c1-10-9-19-18(23)21-16(10)14-8-15(14)17(22)20-11(2)12-4-6-13(24-3)7-5-12/h4-7,10-11,14-16H,8-9H2,1-3H3,(H,20,22)(H2,19,21,23). The summed E-state index contributed by atoms with van der Waals surface area (Å²) in [5.74, 6) is 1.45. The second-order valence-corrected chi connectivity index (χ2v) is 6.87. The van der Waals surface area contributed by atoms with E-state index in [4.69, 9.17) is 4.74 Å². The molecular formula is C18H25N3O3. The Hall–Kier alpha value is -2.24. The number of rotatable bonds is 5. The van der Waals surface area contributed by atoms with Crippen LogP contribution in [0.1, 0.15) is 31.9 Å². The van der Waals surface area contributed by atoms with Gasteiger partial charge in [0, 0.05) is 18.5 Å². The summed E-state index contributed by atoms with van der Waals surface area (Å²) >= 11 is 0. The maximum absolute atomic E-state index is 12.5. The predicted octanol–water partition coefficient (Wildman–Crippen LogP) is 1.83. The average molecular weight is 331 g/mol. The van der Waals surface area contributed by atoms with Crippen molar-refractivity contribution < 1.29 is 14.3 Å². The molecule has 3 rings (SSSR count).